The Labute approximate surface area is 106 Å². The van der Waals surface area contributed by atoms with Gasteiger partial charge in [0.25, 0.3) is 0 Å². The maximum Gasteiger partial charge on any atom is 0.236 e. The van der Waals surface area contributed by atoms with Gasteiger partial charge in [-0.2, -0.15) is 0 Å². The molecule has 0 aliphatic heterocycles. The molecular formula is C13H19FN2O2. The highest BCUT2D eigenvalue weighted by Crippen LogP contribution is 2.21. The van der Waals surface area contributed by atoms with E-state index < -0.39 is 11.7 Å². The minimum atomic E-state index is -0.489. The van der Waals surface area contributed by atoms with Gasteiger partial charge < -0.3 is 15.7 Å². The standard InChI is InChI=1S/C13H19FN2O2/c1-2-3-6-16(8-13(15)18)12-5-4-10(9-17)7-11(12)14/h4-5,7,17H,2-3,6,8-9H2,1H3,(H2,15,18). The van der Waals surface area contributed by atoms with Gasteiger partial charge in [0, 0.05) is 6.54 Å². The molecule has 5 heteroatoms. The SMILES string of the molecule is CCCCN(CC(N)=O)c1ccc(CO)cc1F. The Morgan fingerprint density at radius 1 is 1.50 bits per heavy atom. The molecule has 3 N–H and O–H groups in total. The van der Waals surface area contributed by atoms with E-state index in [9.17, 15) is 9.18 Å². The molecule has 0 aliphatic carbocycles. The molecule has 0 saturated heterocycles. The van der Waals surface area contributed by atoms with Crippen molar-refractivity contribution in [2.24, 2.45) is 5.73 Å². The Kier molecular flexibility index (Phi) is 5.58. The molecule has 0 aliphatic rings. The molecular weight excluding hydrogens is 235 g/mol. The summed E-state index contributed by atoms with van der Waals surface area (Å²) in [5, 5.41) is 8.92. The maximum atomic E-state index is 13.9. The first-order chi connectivity index (χ1) is 8.58. The van der Waals surface area contributed by atoms with Crippen molar-refractivity contribution in [3.8, 4) is 0 Å². The Bertz CT molecular complexity index is 410. The molecule has 1 aromatic carbocycles. The molecule has 0 saturated carbocycles. The molecule has 0 atom stereocenters. The summed E-state index contributed by atoms with van der Waals surface area (Å²) in [5.74, 6) is -0.935. The van der Waals surface area contributed by atoms with E-state index in [1.165, 1.54) is 6.07 Å². The fraction of sp³-hybridized carbons (Fsp3) is 0.462. The van der Waals surface area contributed by atoms with Crippen molar-refractivity contribution in [2.75, 3.05) is 18.0 Å². The van der Waals surface area contributed by atoms with Crippen molar-refractivity contribution in [1.82, 2.24) is 0 Å². The summed E-state index contributed by atoms with van der Waals surface area (Å²) in [4.78, 5) is 12.6. The minimum Gasteiger partial charge on any atom is -0.392 e. The van der Waals surface area contributed by atoms with Crippen LogP contribution in [0.25, 0.3) is 0 Å². The number of hydrogen-bond acceptors (Lipinski definition) is 3. The average Bonchev–Trinajstić information content (AvgIpc) is 2.34. The lowest BCUT2D eigenvalue weighted by Crippen LogP contribution is -2.35. The lowest BCUT2D eigenvalue weighted by molar-refractivity contribution is -0.116. The van der Waals surface area contributed by atoms with Gasteiger partial charge in [0.05, 0.1) is 18.8 Å². The number of rotatable bonds is 7. The highest BCUT2D eigenvalue weighted by atomic mass is 19.1. The highest BCUT2D eigenvalue weighted by Gasteiger charge is 2.13. The van der Waals surface area contributed by atoms with Crippen LogP contribution < -0.4 is 10.6 Å². The Balaban J connectivity index is 2.92. The van der Waals surface area contributed by atoms with E-state index >= 15 is 0 Å². The van der Waals surface area contributed by atoms with E-state index in [1.807, 2.05) is 6.92 Å². The number of aliphatic hydroxyl groups is 1. The molecule has 0 unspecified atom stereocenters. The number of halogens is 1. The number of nitrogens with two attached hydrogens (primary N) is 1. The van der Waals surface area contributed by atoms with Crippen molar-refractivity contribution >= 4 is 11.6 Å². The molecule has 0 fully saturated rings. The third-order valence-corrected chi connectivity index (χ3v) is 2.66. The van der Waals surface area contributed by atoms with Crippen LogP contribution in [0.15, 0.2) is 18.2 Å². The van der Waals surface area contributed by atoms with Gasteiger partial charge in [-0.3, -0.25) is 4.79 Å². The van der Waals surface area contributed by atoms with E-state index in [0.717, 1.165) is 12.8 Å². The number of primary amides is 1. The second-order valence-corrected chi connectivity index (χ2v) is 4.19. The van der Waals surface area contributed by atoms with E-state index in [2.05, 4.69) is 0 Å². The third kappa shape index (κ3) is 4.00. The fourth-order valence-corrected chi connectivity index (χ4v) is 1.73. The van der Waals surface area contributed by atoms with Crippen LogP contribution in [0, 0.1) is 5.82 Å². The lowest BCUT2D eigenvalue weighted by atomic mass is 10.2. The molecule has 0 bridgehead atoms. The summed E-state index contributed by atoms with van der Waals surface area (Å²) in [6.45, 7) is 2.39. The first-order valence-electron chi connectivity index (χ1n) is 6.01. The van der Waals surface area contributed by atoms with Crippen molar-refractivity contribution in [3.05, 3.63) is 29.6 Å². The van der Waals surface area contributed by atoms with Crippen LogP contribution >= 0.6 is 0 Å². The van der Waals surface area contributed by atoms with E-state index in [-0.39, 0.29) is 13.2 Å². The molecule has 0 spiro atoms. The number of carbonyl (C=O) groups excluding carboxylic acids is 1. The molecule has 1 rings (SSSR count). The number of benzene rings is 1. The first kappa shape index (κ1) is 14.4. The Morgan fingerprint density at radius 3 is 2.72 bits per heavy atom. The van der Waals surface area contributed by atoms with Gasteiger partial charge in [-0.1, -0.05) is 19.4 Å². The Hall–Kier alpha value is -1.62. The highest BCUT2D eigenvalue weighted by molar-refractivity contribution is 5.79. The van der Waals surface area contributed by atoms with E-state index in [4.69, 9.17) is 10.8 Å². The largest absolute Gasteiger partial charge is 0.392 e. The summed E-state index contributed by atoms with van der Waals surface area (Å²) in [6.07, 6.45) is 1.81. The zero-order valence-corrected chi connectivity index (χ0v) is 10.5. The summed E-state index contributed by atoms with van der Waals surface area (Å²) in [6, 6.07) is 4.48. The van der Waals surface area contributed by atoms with Crippen LogP contribution in [0.1, 0.15) is 25.3 Å². The van der Waals surface area contributed by atoms with Gasteiger partial charge in [0.1, 0.15) is 5.82 Å². The van der Waals surface area contributed by atoms with Crippen LogP contribution in [0.2, 0.25) is 0 Å². The van der Waals surface area contributed by atoms with Crippen LogP contribution in [0.4, 0.5) is 10.1 Å². The molecule has 18 heavy (non-hydrogen) atoms. The quantitative estimate of drug-likeness (QED) is 0.773. The van der Waals surface area contributed by atoms with Crippen molar-refractivity contribution in [2.45, 2.75) is 26.4 Å². The maximum absolute atomic E-state index is 13.9. The number of anilines is 1. The van der Waals surface area contributed by atoms with Crippen molar-refractivity contribution in [1.29, 1.82) is 0 Å². The monoisotopic (exact) mass is 254 g/mol. The molecule has 1 amide bonds. The summed E-state index contributed by atoms with van der Waals surface area (Å²) < 4.78 is 13.9. The van der Waals surface area contributed by atoms with Crippen molar-refractivity contribution in [3.63, 3.8) is 0 Å². The van der Waals surface area contributed by atoms with E-state index in [1.54, 1.807) is 17.0 Å². The van der Waals surface area contributed by atoms with Gasteiger partial charge in [0.2, 0.25) is 5.91 Å². The molecule has 1 aromatic rings. The van der Waals surface area contributed by atoms with Gasteiger partial charge in [-0.25, -0.2) is 4.39 Å². The van der Waals surface area contributed by atoms with Crippen LogP contribution in [-0.4, -0.2) is 24.1 Å². The zero-order valence-electron chi connectivity index (χ0n) is 10.5. The molecule has 0 aromatic heterocycles. The minimum absolute atomic E-state index is 0.00457. The number of unbranched alkanes of at least 4 members (excludes halogenated alkanes) is 1. The predicted molar refractivity (Wildman–Crippen MR) is 68.6 cm³/mol. The molecule has 100 valence electrons. The smallest absolute Gasteiger partial charge is 0.236 e. The zero-order chi connectivity index (χ0) is 13.5. The lowest BCUT2D eigenvalue weighted by Gasteiger charge is -2.23. The number of nitrogens with zero attached hydrogens (tertiary/aromatic N) is 1. The molecule has 0 heterocycles. The predicted octanol–water partition coefficient (Wildman–Crippen LogP) is 1.41. The Morgan fingerprint density at radius 2 is 2.22 bits per heavy atom. The average molecular weight is 254 g/mol. The topological polar surface area (TPSA) is 66.6 Å². The summed E-state index contributed by atoms with van der Waals surface area (Å²) in [5.41, 5.74) is 6.02. The van der Waals surface area contributed by atoms with Gasteiger partial charge in [0.15, 0.2) is 0 Å². The first-order valence-corrected chi connectivity index (χ1v) is 6.01. The number of amides is 1. The van der Waals surface area contributed by atoms with Gasteiger partial charge >= 0.3 is 0 Å². The van der Waals surface area contributed by atoms with Crippen LogP contribution in [0.3, 0.4) is 0 Å². The normalized spacial score (nSPS) is 10.4. The van der Waals surface area contributed by atoms with Gasteiger partial charge in [-0.15, -0.1) is 0 Å². The van der Waals surface area contributed by atoms with E-state index in [0.29, 0.717) is 17.8 Å². The fourth-order valence-electron chi connectivity index (χ4n) is 1.73. The second-order valence-electron chi connectivity index (χ2n) is 4.19. The summed E-state index contributed by atoms with van der Waals surface area (Å²) in [7, 11) is 0. The van der Waals surface area contributed by atoms with Crippen molar-refractivity contribution < 1.29 is 14.3 Å². The number of hydrogen-bond donors (Lipinski definition) is 2. The molecule has 4 nitrogen and oxygen atoms in total. The van der Waals surface area contributed by atoms with Crippen LogP contribution in [0.5, 0.6) is 0 Å². The third-order valence-electron chi connectivity index (χ3n) is 2.66. The molecule has 0 radical (unpaired) electrons. The van der Waals surface area contributed by atoms with Gasteiger partial charge in [-0.05, 0) is 24.1 Å². The number of aliphatic hydroxyl groups excluding tert-OH is 1. The second kappa shape index (κ2) is 6.96. The number of carbonyl (C=O) groups is 1. The summed E-state index contributed by atoms with van der Waals surface area (Å²) >= 11 is 0. The van der Waals surface area contributed by atoms with Crippen LogP contribution in [-0.2, 0) is 11.4 Å².